The molecule has 0 saturated carbocycles. The summed E-state index contributed by atoms with van der Waals surface area (Å²) in [4.78, 5) is 17.2. The molecule has 3 rings (SSSR count). The first-order chi connectivity index (χ1) is 13.8. The summed E-state index contributed by atoms with van der Waals surface area (Å²) in [5.74, 6) is -0.497. The van der Waals surface area contributed by atoms with Crippen LogP contribution in [0.25, 0.3) is 11.3 Å². The highest BCUT2D eigenvalue weighted by molar-refractivity contribution is 7.91. The largest absolute Gasteiger partial charge is 0.322 e. The van der Waals surface area contributed by atoms with Gasteiger partial charge in [0.1, 0.15) is 0 Å². The zero-order valence-electron chi connectivity index (χ0n) is 15.7. The van der Waals surface area contributed by atoms with E-state index in [0.29, 0.717) is 33.1 Å². The van der Waals surface area contributed by atoms with Crippen molar-refractivity contribution < 1.29 is 13.2 Å². The van der Waals surface area contributed by atoms with Gasteiger partial charge in [0.15, 0.2) is 9.84 Å². The number of sulfone groups is 1. The van der Waals surface area contributed by atoms with E-state index in [-0.39, 0.29) is 16.6 Å². The van der Waals surface area contributed by atoms with Gasteiger partial charge < -0.3 is 5.32 Å². The Morgan fingerprint density at radius 3 is 2.62 bits per heavy atom. The lowest BCUT2D eigenvalue weighted by molar-refractivity contribution is 0.102. The number of rotatable bonds is 6. The Bertz CT molecular complexity index is 1180. The Morgan fingerprint density at radius 2 is 1.97 bits per heavy atom. The molecule has 148 valence electrons. The van der Waals surface area contributed by atoms with Crippen molar-refractivity contribution in [1.82, 2.24) is 4.98 Å². The number of aromatic nitrogens is 1. The fourth-order valence-corrected chi connectivity index (χ4v) is 4.20. The summed E-state index contributed by atoms with van der Waals surface area (Å²) in [6.07, 6.45) is 3.01. The second-order valence-electron chi connectivity index (χ2n) is 6.41. The molecule has 1 amide bonds. The van der Waals surface area contributed by atoms with Crippen LogP contribution >= 0.6 is 11.6 Å². The summed E-state index contributed by atoms with van der Waals surface area (Å²) in [6, 6.07) is 15.1. The van der Waals surface area contributed by atoms with Gasteiger partial charge in [-0.1, -0.05) is 23.7 Å². The molecule has 0 radical (unpaired) electrons. The predicted octanol–water partition coefficient (Wildman–Crippen LogP) is 4.92. The van der Waals surface area contributed by atoms with E-state index in [2.05, 4.69) is 16.9 Å². The van der Waals surface area contributed by atoms with Crippen LogP contribution in [0.15, 0.2) is 78.3 Å². The average molecular weight is 427 g/mol. The van der Waals surface area contributed by atoms with E-state index < -0.39 is 9.84 Å². The van der Waals surface area contributed by atoms with Crippen molar-refractivity contribution in [2.45, 2.75) is 11.8 Å². The quantitative estimate of drug-likeness (QED) is 0.567. The van der Waals surface area contributed by atoms with Crippen molar-refractivity contribution >= 4 is 33.0 Å². The molecule has 29 heavy (non-hydrogen) atoms. The molecule has 1 heterocycles. The van der Waals surface area contributed by atoms with Crippen LogP contribution in [0.3, 0.4) is 0 Å². The lowest BCUT2D eigenvalue weighted by atomic mass is 10.1. The Kier molecular flexibility index (Phi) is 6.15. The van der Waals surface area contributed by atoms with Crippen LogP contribution in [-0.2, 0) is 9.84 Å². The van der Waals surface area contributed by atoms with Gasteiger partial charge in [-0.25, -0.2) is 8.42 Å². The normalized spacial score (nSPS) is 11.1. The summed E-state index contributed by atoms with van der Waals surface area (Å²) < 4.78 is 24.3. The molecule has 0 atom stereocenters. The molecule has 1 N–H and O–H groups in total. The number of carbonyl (C=O) groups excluding carboxylic acids is 1. The fraction of sp³-hybridized carbons (Fsp3) is 0.0909. The van der Waals surface area contributed by atoms with Crippen LogP contribution in [0.2, 0.25) is 5.02 Å². The molecule has 0 aliphatic rings. The third-order valence-corrected chi connectivity index (χ3v) is 6.28. The van der Waals surface area contributed by atoms with Gasteiger partial charge >= 0.3 is 0 Å². The lowest BCUT2D eigenvalue weighted by Gasteiger charge is -2.11. The van der Waals surface area contributed by atoms with Crippen molar-refractivity contribution in [3.63, 3.8) is 0 Å². The van der Waals surface area contributed by atoms with E-state index in [1.165, 1.54) is 24.3 Å². The molecular weight excluding hydrogens is 408 g/mol. The number of nitrogens with zero attached hydrogens (tertiary/aromatic N) is 1. The highest BCUT2D eigenvalue weighted by Gasteiger charge is 2.17. The van der Waals surface area contributed by atoms with E-state index in [0.717, 1.165) is 0 Å². The average Bonchev–Trinajstić information content (AvgIpc) is 2.70. The van der Waals surface area contributed by atoms with Gasteiger partial charge in [0.2, 0.25) is 0 Å². The molecule has 3 aromatic rings. The van der Waals surface area contributed by atoms with Crippen molar-refractivity contribution in [1.29, 1.82) is 0 Å². The monoisotopic (exact) mass is 426 g/mol. The van der Waals surface area contributed by atoms with Crippen molar-refractivity contribution in [3.05, 3.63) is 89.6 Å². The highest BCUT2D eigenvalue weighted by atomic mass is 35.5. The second-order valence-corrected chi connectivity index (χ2v) is 8.85. The maximum absolute atomic E-state index is 12.7. The molecule has 0 aliphatic heterocycles. The van der Waals surface area contributed by atoms with Crippen LogP contribution in [0, 0.1) is 6.92 Å². The van der Waals surface area contributed by atoms with Crippen molar-refractivity contribution in [2.75, 3.05) is 11.1 Å². The summed E-state index contributed by atoms with van der Waals surface area (Å²) in [6.45, 7) is 5.16. The van der Waals surface area contributed by atoms with Gasteiger partial charge in [0.05, 0.1) is 21.4 Å². The lowest BCUT2D eigenvalue weighted by Crippen LogP contribution is -2.14. The van der Waals surface area contributed by atoms with Gasteiger partial charge in [-0.05, 0) is 61.0 Å². The SMILES string of the molecule is C=CCS(=O)(=O)c1ccc(C(=O)Nc2ccc(Cl)c(-c3ccccn3)c2)c(C)c1. The van der Waals surface area contributed by atoms with Crippen LogP contribution in [0.5, 0.6) is 0 Å². The molecule has 2 aromatic carbocycles. The number of hydrogen-bond acceptors (Lipinski definition) is 4. The van der Waals surface area contributed by atoms with Gasteiger partial charge in [-0.3, -0.25) is 9.78 Å². The molecule has 5 nitrogen and oxygen atoms in total. The summed E-state index contributed by atoms with van der Waals surface area (Å²) in [5, 5.41) is 3.35. The topological polar surface area (TPSA) is 76.1 Å². The number of nitrogens with one attached hydrogen (secondary N) is 1. The number of halogens is 1. The van der Waals surface area contributed by atoms with Crippen molar-refractivity contribution in [3.8, 4) is 11.3 Å². The molecule has 0 unspecified atom stereocenters. The number of amides is 1. The minimum Gasteiger partial charge on any atom is -0.322 e. The maximum atomic E-state index is 12.7. The first-order valence-corrected chi connectivity index (χ1v) is 10.8. The molecule has 7 heteroatoms. The van der Waals surface area contributed by atoms with Gasteiger partial charge in [-0.2, -0.15) is 0 Å². The molecule has 0 fully saturated rings. The molecule has 1 aromatic heterocycles. The van der Waals surface area contributed by atoms with Gasteiger partial charge in [-0.15, -0.1) is 6.58 Å². The molecule has 0 spiro atoms. The Labute approximate surface area is 175 Å². The minimum atomic E-state index is -3.45. The molecule has 0 bridgehead atoms. The van der Waals surface area contributed by atoms with Gasteiger partial charge in [0, 0.05) is 23.0 Å². The second kappa shape index (κ2) is 8.59. The van der Waals surface area contributed by atoms with E-state index in [9.17, 15) is 13.2 Å². The third-order valence-electron chi connectivity index (χ3n) is 4.30. The number of aryl methyl sites for hydroxylation is 1. The zero-order chi connectivity index (χ0) is 21.0. The Morgan fingerprint density at radius 1 is 1.17 bits per heavy atom. The third kappa shape index (κ3) is 4.72. The molecular formula is C22H19ClN2O3S. The first kappa shape index (κ1) is 20.8. The first-order valence-electron chi connectivity index (χ1n) is 8.78. The van der Waals surface area contributed by atoms with E-state index in [1.54, 1.807) is 31.3 Å². The van der Waals surface area contributed by atoms with Crippen LogP contribution in [0.4, 0.5) is 5.69 Å². The number of anilines is 1. The number of carbonyl (C=O) groups is 1. The predicted molar refractivity (Wildman–Crippen MR) is 116 cm³/mol. The number of pyridine rings is 1. The maximum Gasteiger partial charge on any atom is 0.255 e. The van der Waals surface area contributed by atoms with Gasteiger partial charge in [0.25, 0.3) is 5.91 Å². The summed E-state index contributed by atoms with van der Waals surface area (Å²) in [5.41, 5.74) is 2.90. The number of benzene rings is 2. The summed E-state index contributed by atoms with van der Waals surface area (Å²) in [7, 11) is -3.45. The Balaban J connectivity index is 1.87. The van der Waals surface area contributed by atoms with Crippen molar-refractivity contribution in [2.24, 2.45) is 0 Å². The van der Waals surface area contributed by atoms with E-state index in [4.69, 9.17) is 11.6 Å². The fourth-order valence-electron chi connectivity index (χ4n) is 2.86. The Hall–Kier alpha value is -2.96. The van der Waals surface area contributed by atoms with E-state index >= 15 is 0 Å². The molecule has 0 saturated heterocycles. The van der Waals surface area contributed by atoms with Crippen LogP contribution in [0.1, 0.15) is 15.9 Å². The minimum absolute atomic E-state index is 0.154. The van der Waals surface area contributed by atoms with Crippen LogP contribution in [-0.4, -0.2) is 25.1 Å². The molecule has 0 aliphatic carbocycles. The van der Waals surface area contributed by atoms with Crippen LogP contribution < -0.4 is 5.32 Å². The highest BCUT2D eigenvalue weighted by Crippen LogP contribution is 2.29. The number of hydrogen-bond donors (Lipinski definition) is 1. The summed E-state index contributed by atoms with van der Waals surface area (Å²) >= 11 is 6.28. The smallest absolute Gasteiger partial charge is 0.255 e. The zero-order valence-corrected chi connectivity index (χ0v) is 17.3. The van der Waals surface area contributed by atoms with E-state index in [1.807, 2.05) is 18.2 Å². The standard InChI is InChI=1S/C22H19ClN2O3S/c1-3-12-29(27,28)17-8-9-18(15(2)13-17)22(26)25-16-7-10-20(23)19(14-16)21-6-4-5-11-24-21/h3-11,13-14H,1,12H2,2H3,(H,25,26).